The van der Waals surface area contributed by atoms with Gasteiger partial charge in [-0.2, -0.15) is 0 Å². The van der Waals surface area contributed by atoms with E-state index < -0.39 is 0 Å². The van der Waals surface area contributed by atoms with Gasteiger partial charge in [-0.05, 0) is 128 Å². The first kappa shape index (κ1) is 44.1. The third-order valence-corrected chi connectivity index (χ3v) is 16.3. The molecule has 0 aliphatic carbocycles. The molecule has 0 radical (unpaired) electrons. The Bertz CT molecular complexity index is 4930. The summed E-state index contributed by atoms with van der Waals surface area (Å²) in [4.78, 5) is 0. The second kappa shape index (κ2) is 17.7. The molecule has 0 aliphatic heterocycles. The average molecular weight is 991 g/mol. The van der Waals surface area contributed by atoms with Crippen LogP contribution in [0.2, 0.25) is 0 Å². The Balaban J connectivity index is 0.792. The number of fused-ring (bicyclic) bond motifs is 10. The van der Waals surface area contributed by atoms with Crippen molar-refractivity contribution in [2.75, 3.05) is 0 Å². The van der Waals surface area contributed by atoms with E-state index in [1.165, 1.54) is 87.6 Å². The van der Waals surface area contributed by atoms with Crippen molar-refractivity contribution in [1.29, 1.82) is 0 Å². The average Bonchev–Trinajstić information content (AvgIpc) is 4.26. The highest BCUT2D eigenvalue weighted by Gasteiger charge is 2.24. The third-order valence-electron chi connectivity index (χ3n) is 16.3. The summed E-state index contributed by atoms with van der Waals surface area (Å²) < 4.78 is 13.7. The highest BCUT2D eigenvalue weighted by molar-refractivity contribution is 6.28. The second-order valence-corrected chi connectivity index (χ2v) is 20.5. The molecule has 362 valence electrons. The van der Waals surface area contributed by atoms with Gasteiger partial charge >= 0.3 is 0 Å². The number of furan rings is 2. The maximum Gasteiger partial charge on any atom is 0.143 e. The highest BCUT2D eigenvalue weighted by Crippen LogP contribution is 2.51. The Morgan fingerprint density at radius 3 is 1.05 bits per heavy atom. The molecule has 16 rings (SSSR count). The van der Waals surface area contributed by atoms with Gasteiger partial charge in [0.05, 0.1) is 0 Å². The molecule has 2 heterocycles. The van der Waals surface area contributed by atoms with Crippen LogP contribution in [0.25, 0.3) is 165 Å². The van der Waals surface area contributed by atoms with Gasteiger partial charge in [0.2, 0.25) is 0 Å². The summed E-state index contributed by atoms with van der Waals surface area (Å²) >= 11 is 0. The van der Waals surface area contributed by atoms with Gasteiger partial charge < -0.3 is 8.83 Å². The first-order chi connectivity index (χ1) is 38.7. The van der Waals surface area contributed by atoms with E-state index in [1.54, 1.807) is 0 Å². The number of benzene rings is 14. The molecule has 0 saturated heterocycles. The summed E-state index contributed by atoms with van der Waals surface area (Å²) in [5.41, 5.74) is 19.9. The van der Waals surface area contributed by atoms with E-state index in [-0.39, 0.29) is 0 Å². The fourth-order valence-electron chi connectivity index (χ4n) is 12.9. The Labute approximate surface area is 450 Å². The molecular weight excluding hydrogens is 945 g/mol. The Kier molecular flexibility index (Phi) is 9.98. The third kappa shape index (κ3) is 6.77. The maximum absolute atomic E-state index is 6.93. The van der Waals surface area contributed by atoms with Crippen LogP contribution in [0.5, 0.6) is 0 Å². The summed E-state index contributed by atoms with van der Waals surface area (Å²) in [5.74, 6) is 0. The molecule has 0 atom stereocenters. The summed E-state index contributed by atoms with van der Waals surface area (Å²) in [6, 6.07) is 101. The number of hydrogen-bond donors (Lipinski definition) is 0. The minimum Gasteiger partial charge on any atom is -0.455 e. The fraction of sp³-hybridized carbons (Fsp3) is 0. The summed E-state index contributed by atoms with van der Waals surface area (Å²) in [6.45, 7) is 0. The van der Waals surface area contributed by atoms with Crippen LogP contribution in [0.15, 0.2) is 288 Å². The zero-order valence-corrected chi connectivity index (χ0v) is 42.4. The van der Waals surface area contributed by atoms with Crippen LogP contribution in [0.4, 0.5) is 0 Å². The van der Waals surface area contributed by atoms with Crippen LogP contribution in [0, 0.1) is 0 Å². The van der Waals surface area contributed by atoms with Crippen molar-refractivity contribution >= 4 is 87.0 Å². The van der Waals surface area contributed by atoms with E-state index in [0.29, 0.717) is 0 Å². The molecule has 78 heavy (non-hydrogen) atoms. The minimum absolute atomic E-state index is 0.879. The topological polar surface area (TPSA) is 26.3 Å². The number of para-hydroxylation sites is 2. The Morgan fingerprint density at radius 1 is 0.167 bits per heavy atom. The van der Waals surface area contributed by atoms with E-state index in [9.17, 15) is 0 Å². The molecule has 2 heteroatoms. The van der Waals surface area contributed by atoms with E-state index in [2.05, 4.69) is 279 Å². The monoisotopic (exact) mass is 990 g/mol. The smallest absolute Gasteiger partial charge is 0.143 e. The molecule has 16 aromatic rings. The van der Waals surface area contributed by atoms with Crippen LogP contribution >= 0.6 is 0 Å². The first-order valence-electron chi connectivity index (χ1n) is 26.8. The fourth-order valence-corrected chi connectivity index (χ4v) is 12.9. The highest BCUT2D eigenvalue weighted by atomic mass is 16.3. The molecule has 0 unspecified atom stereocenters. The molecule has 0 N–H and O–H groups in total. The van der Waals surface area contributed by atoms with Crippen LogP contribution in [-0.4, -0.2) is 0 Å². The SMILES string of the molecule is c1ccc(-c2c3ccccc3c(-c3ccc(-c4ccc(-c5ccc(-c6c7ccccc7c(-c7cccc8oc9c(-c%10ccccc%10)cccc9c78)c7ccccc67)cc5)cc4)c4oc5ccccc5c34)c3ccccc23)cc1. The van der Waals surface area contributed by atoms with Gasteiger partial charge in [-0.15, -0.1) is 0 Å². The molecule has 0 aliphatic rings. The maximum atomic E-state index is 6.93. The van der Waals surface area contributed by atoms with Crippen molar-refractivity contribution in [3.63, 3.8) is 0 Å². The Morgan fingerprint density at radius 2 is 0.500 bits per heavy atom. The van der Waals surface area contributed by atoms with Crippen molar-refractivity contribution in [2.45, 2.75) is 0 Å². The van der Waals surface area contributed by atoms with Crippen LogP contribution in [-0.2, 0) is 0 Å². The number of hydrogen-bond acceptors (Lipinski definition) is 2. The van der Waals surface area contributed by atoms with Gasteiger partial charge in [0.25, 0.3) is 0 Å². The molecular formula is C76H46O2. The van der Waals surface area contributed by atoms with Crippen LogP contribution in [0.3, 0.4) is 0 Å². The van der Waals surface area contributed by atoms with Crippen molar-refractivity contribution in [1.82, 2.24) is 0 Å². The van der Waals surface area contributed by atoms with Crippen molar-refractivity contribution < 1.29 is 8.83 Å². The van der Waals surface area contributed by atoms with Gasteiger partial charge in [-0.3, -0.25) is 0 Å². The van der Waals surface area contributed by atoms with E-state index in [4.69, 9.17) is 8.83 Å². The molecule has 2 aromatic heterocycles. The second-order valence-electron chi connectivity index (χ2n) is 20.5. The molecule has 0 spiro atoms. The van der Waals surface area contributed by atoms with Gasteiger partial charge in [0.1, 0.15) is 22.3 Å². The minimum atomic E-state index is 0.879. The lowest BCUT2D eigenvalue weighted by molar-refractivity contribution is 0.669. The van der Waals surface area contributed by atoms with Gasteiger partial charge in [-0.1, -0.05) is 261 Å². The number of rotatable bonds is 7. The zero-order chi connectivity index (χ0) is 51.3. The lowest BCUT2D eigenvalue weighted by atomic mass is 9.84. The van der Waals surface area contributed by atoms with Crippen LogP contribution in [0.1, 0.15) is 0 Å². The molecule has 0 fully saturated rings. The van der Waals surface area contributed by atoms with E-state index >= 15 is 0 Å². The normalized spacial score (nSPS) is 11.8. The lowest BCUT2D eigenvalue weighted by Crippen LogP contribution is -1.92. The summed E-state index contributed by atoms with van der Waals surface area (Å²) in [5, 5.41) is 14.2. The Hall–Kier alpha value is -10.3. The standard InChI is InChI=1S/C76H46O2/c1-3-19-49(20-4-1)53-32-17-34-66-73-64(33-18-36-68(73)78-75(53)66)71-59-27-11-9-25-57(59)70(58-26-10-12-28-60(58)71)52-43-39-48(40-44-52)47-37-41-50(42-38-47)54-45-46-65(74-63-31-15-16-35-67(63)77-76(54)74)72-61-29-13-7-23-55(61)69(51-21-5-2-6-22-51)56-24-8-14-30-62(56)72/h1-46H. The van der Waals surface area contributed by atoms with Crippen molar-refractivity contribution in [2.24, 2.45) is 0 Å². The quantitative estimate of drug-likeness (QED) is 0.149. The van der Waals surface area contributed by atoms with E-state index in [0.717, 1.165) is 77.3 Å². The molecule has 0 amide bonds. The molecule has 2 nitrogen and oxygen atoms in total. The van der Waals surface area contributed by atoms with Crippen LogP contribution < -0.4 is 0 Å². The summed E-state index contributed by atoms with van der Waals surface area (Å²) in [6.07, 6.45) is 0. The predicted molar refractivity (Wildman–Crippen MR) is 329 cm³/mol. The molecule has 0 bridgehead atoms. The van der Waals surface area contributed by atoms with E-state index in [1.807, 2.05) is 0 Å². The largest absolute Gasteiger partial charge is 0.455 e. The lowest BCUT2D eigenvalue weighted by Gasteiger charge is -2.19. The van der Waals surface area contributed by atoms with Crippen molar-refractivity contribution in [3.8, 4) is 77.9 Å². The molecule has 14 aromatic carbocycles. The first-order valence-corrected chi connectivity index (χ1v) is 26.8. The summed E-state index contributed by atoms with van der Waals surface area (Å²) in [7, 11) is 0. The van der Waals surface area contributed by atoms with Gasteiger partial charge in [0, 0.05) is 32.7 Å². The predicted octanol–water partition coefficient (Wildman–Crippen LogP) is 21.8. The molecule has 0 saturated carbocycles. The van der Waals surface area contributed by atoms with Crippen molar-refractivity contribution in [3.05, 3.63) is 279 Å². The van der Waals surface area contributed by atoms with Gasteiger partial charge in [-0.25, -0.2) is 0 Å². The zero-order valence-electron chi connectivity index (χ0n) is 42.4. The van der Waals surface area contributed by atoms with Gasteiger partial charge in [0.15, 0.2) is 0 Å².